The molecule has 3 saturated heterocycles. The molecule has 3 aliphatic rings. The molecule has 0 aliphatic carbocycles. The van der Waals surface area contributed by atoms with Crippen LogP contribution in [0.4, 0.5) is 4.79 Å². The predicted molar refractivity (Wildman–Crippen MR) is 92.7 cm³/mol. The summed E-state index contributed by atoms with van der Waals surface area (Å²) in [6.07, 6.45) is 4.35. The summed E-state index contributed by atoms with van der Waals surface area (Å²) < 4.78 is 5.59. The summed E-state index contributed by atoms with van der Waals surface area (Å²) in [4.78, 5) is 16.5. The number of fused-ring (bicyclic) bond motifs is 1. The average molecular weight is 329 g/mol. The van der Waals surface area contributed by atoms with Crippen molar-refractivity contribution in [3.8, 4) is 0 Å². The third-order valence-electron chi connectivity index (χ3n) is 6.25. The smallest absolute Gasteiger partial charge is 0.315 e. The van der Waals surface area contributed by atoms with Gasteiger partial charge in [0.15, 0.2) is 0 Å². The van der Waals surface area contributed by atoms with Gasteiger partial charge in [0.1, 0.15) is 0 Å². The van der Waals surface area contributed by atoms with Crippen LogP contribution in [-0.4, -0.2) is 60.8 Å². The second-order valence-electron chi connectivity index (χ2n) is 7.64. The number of ether oxygens (including phenoxy) is 1. The van der Waals surface area contributed by atoms with Crippen LogP contribution in [0.3, 0.4) is 0 Å². The first-order chi connectivity index (χ1) is 11.7. The molecule has 4 rings (SSSR count). The lowest BCUT2D eigenvalue weighted by atomic mass is 9.77. The van der Waals surface area contributed by atoms with E-state index in [2.05, 4.69) is 29.2 Å². The van der Waals surface area contributed by atoms with Gasteiger partial charge in [0, 0.05) is 38.9 Å². The first-order valence-corrected chi connectivity index (χ1v) is 9.09. The highest BCUT2D eigenvalue weighted by Gasteiger charge is 2.50. The van der Waals surface area contributed by atoms with Crippen LogP contribution in [0.15, 0.2) is 30.3 Å². The van der Waals surface area contributed by atoms with Gasteiger partial charge in [-0.15, -0.1) is 0 Å². The lowest BCUT2D eigenvalue weighted by Gasteiger charge is -2.44. The Morgan fingerprint density at radius 1 is 1.21 bits per heavy atom. The van der Waals surface area contributed by atoms with Crippen LogP contribution in [0.1, 0.15) is 24.8 Å². The number of urea groups is 1. The Labute approximate surface area is 143 Å². The van der Waals surface area contributed by atoms with Gasteiger partial charge in [-0.2, -0.15) is 0 Å². The molecular weight excluding hydrogens is 302 g/mol. The van der Waals surface area contributed by atoms with Crippen molar-refractivity contribution < 1.29 is 9.53 Å². The number of amides is 2. The van der Waals surface area contributed by atoms with Crippen LogP contribution >= 0.6 is 0 Å². The first-order valence-electron chi connectivity index (χ1n) is 9.09. The lowest BCUT2D eigenvalue weighted by Crippen LogP contribution is -2.60. The predicted octanol–water partition coefficient (Wildman–Crippen LogP) is 1.86. The van der Waals surface area contributed by atoms with Crippen molar-refractivity contribution in [3.63, 3.8) is 0 Å². The number of hydrogen-bond acceptors (Lipinski definition) is 3. The second kappa shape index (κ2) is 6.37. The Balaban J connectivity index is 1.58. The summed E-state index contributed by atoms with van der Waals surface area (Å²) in [5.41, 5.74) is 7.37. The zero-order valence-corrected chi connectivity index (χ0v) is 14.2. The fourth-order valence-corrected chi connectivity index (χ4v) is 4.96. The molecule has 3 aliphatic heterocycles. The van der Waals surface area contributed by atoms with Gasteiger partial charge in [0.05, 0.1) is 6.04 Å². The van der Waals surface area contributed by atoms with E-state index >= 15 is 0 Å². The number of benzene rings is 1. The van der Waals surface area contributed by atoms with E-state index in [1.807, 2.05) is 11.0 Å². The lowest BCUT2D eigenvalue weighted by molar-refractivity contribution is 0.0193. The van der Waals surface area contributed by atoms with Crippen molar-refractivity contribution in [2.24, 2.45) is 11.1 Å². The van der Waals surface area contributed by atoms with Gasteiger partial charge in [-0.05, 0) is 36.7 Å². The summed E-state index contributed by atoms with van der Waals surface area (Å²) in [7, 11) is 0. The third kappa shape index (κ3) is 2.91. The maximum absolute atomic E-state index is 12.0. The Bertz CT molecular complexity index is 586. The average Bonchev–Trinajstić information content (AvgIpc) is 2.94. The van der Waals surface area contributed by atoms with E-state index in [1.54, 1.807) is 0 Å². The fraction of sp³-hybridized carbons (Fsp3) is 0.632. The van der Waals surface area contributed by atoms with Crippen molar-refractivity contribution in [2.45, 2.75) is 37.8 Å². The maximum atomic E-state index is 12.0. The van der Waals surface area contributed by atoms with Gasteiger partial charge in [0.2, 0.25) is 0 Å². The van der Waals surface area contributed by atoms with Crippen molar-refractivity contribution in [2.75, 3.05) is 32.8 Å². The number of hydrogen-bond donors (Lipinski definition) is 1. The van der Waals surface area contributed by atoms with Gasteiger partial charge in [-0.3, -0.25) is 4.90 Å². The number of nitrogens with two attached hydrogens (primary N) is 1. The molecule has 3 fully saturated rings. The molecule has 130 valence electrons. The zero-order valence-electron chi connectivity index (χ0n) is 14.2. The molecule has 5 heteroatoms. The van der Waals surface area contributed by atoms with Crippen molar-refractivity contribution in [1.29, 1.82) is 0 Å². The molecule has 0 radical (unpaired) electrons. The third-order valence-corrected chi connectivity index (χ3v) is 6.25. The van der Waals surface area contributed by atoms with E-state index in [-0.39, 0.29) is 12.1 Å². The van der Waals surface area contributed by atoms with E-state index < -0.39 is 0 Å². The minimum atomic E-state index is -0.275. The minimum Gasteiger partial charge on any atom is -0.381 e. The monoisotopic (exact) mass is 329 g/mol. The number of piperazine rings is 1. The van der Waals surface area contributed by atoms with E-state index in [0.717, 1.165) is 58.5 Å². The highest BCUT2D eigenvalue weighted by atomic mass is 16.5. The molecule has 1 aromatic rings. The Morgan fingerprint density at radius 3 is 2.67 bits per heavy atom. The second-order valence-corrected chi connectivity index (χ2v) is 7.64. The van der Waals surface area contributed by atoms with Crippen molar-refractivity contribution >= 4 is 6.03 Å². The maximum Gasteiger partial charge on any atom is 0.315 e. The SMILES string of the molecule is NC(=O)N1CCN2CC3(CCOCC3)CC2C1Cc1ccccc1. The molecule has 0 aromatic heterocycles. The number of nitrogens with zero attached hydrogens (tertiary/aromatic N) is 2. The molecule has 2 unspecified atom stereocenters. The molecule has 2 amide bonds. The van der Waals surface area contributed by atoms with Crippen molar-refractivity contribution in [3.05, 3.63) is 35.9 Å². The minimum absolute atomic E-state index is 0.181. The first kappa shape index (κ1) is 15.9. The summed E-state index contributed by atoms with van der Waals surface area (Å²) in [6, 6.07) is 10.8. The topological polar surface area (TPSA) is 58.8 Å². The van der Waals surface area contributed by atoms with Gasteiger partial charge in [0.25, 0.3) is 0 Å². The molecule has 3 heterocycles. The zero-order chi connectivity index (χ0) is 16.6. The Hall–Kier alpha value is -1.59. The van der Waals surface area contributed by atoms with Crippen LogP contribution in [0.2, 0.25) is 0 Å². The molecule has 2 N–H and O–H groups in total. The molecule has 0 saturated carbocycles. The normalized spacial score (nSPS) is 29.6. The van der Waals surface area contributed by atoms with Crippen LogP contribution < -0.4 is 5.73 Å². The van der Waals surface area contributed by atoms with Gasteiger partial charge in [-0.1, -0.05) is 30.3 Å². The highest BCUT2D eigenvalue weighted by molar-refractivity contribution is 5.72. The quantitative estimate of drug-likeness (QED) is 0.901. The Morgan fingerprint density at radius 2 is 1.96 bits per heavy atom. The van der Waals surface area contributed by atoms with Crippen LogP contribution in [-0.2, 0) is 11.2 Å². The van der Waals surface area contributed by atoms with Crippen LogP contribution in [0.5, 0.6) is 0 Å². The molecule has 5 nitrogen and oxygen atoms in total. The molecule has 1 spiro atoms. The summed E-state index contributed by atoms with van der Waals surface area (Å²) in [5, 5.41) is 0. The van der Waals surface area contributed by atoms with E-state index in [9.17, 15) is 4.79 Å². The van der Waals surface area contributed by atoms with Gasteiger partial charge >= 0.3 is 6.03 Å². The van der Waals surface area contributed by atoms with Gasteiger partial charge in [-0.25, -0.2) is 4.79 Å². The van der Waals surface area contributed by atoms with Crippen LogP contribution in [0, 0.1) is 5.41 Å². The van der Waals surface area contributed by atoms with E-state index in [0.29, 0.717) is 11.5 Å². The number of primary amides is 1. The summed E-state index contributed by atoms with van der Waals surface area (Å²) in [5.74, 6) is 0. The van der Waals surface area contributed by atoms with Gasteiger partial charge < -0.3 is 15.4 Å². The molecular formula is C19H27N3O2. The largest absolute Gasteiger partial charge is 0.381 e. The fourth-order valence-electron chi connectivity index (χ4n) is 4.96. The standard InChI is InChI=1S/C19H27N3O2/c20-18(23)22-9-8-21-14-19(6-10-24-11-7-19)13-17(21)16(22)12-15-4-2-1-3-5-15/h1-5,16-17H,6-14H2,(H2,20,23). The molecule has 0 bridgehead atoms. The highest BCUT2D eigenvalue weighted by Crippen LogP contribution is 2.45. The van der Waals surface area contributed by atoms with E-state index in [1.165, 1.54) is 5.56 Å². The van der Waals surface area contributed by atoms with E-state index in [4.69, 9.17) is 10.5 Å². The number of carbonyl (C=O) groups excluding carboxylic acids is 1. The van der Waals surface area contributed by atoms with Crippen LogP contribution in [0.25, 0.3) is 0 Å². The Kier molecular flexibility index (Phi) is 4.22. The molecule has 24 heavy (non-hydrogen) atoms. The van der Waals surface area contributed by atoms with Crippen molar-refractivity contribution in [1.82, 2.24) is 9.80 Å². The molecule has 2 atom stereocenters. The summed E-state index contributed by atoms with van der Waals surface area (Å²) in [6.45, 7) is 4.60. The summed E-state index contributed by atoms with van der Waals surface area (Å²) >= 11 is 0. The number of carbonyl (C=O) groups is 1. The molecule has 1 aromatic carbocycles. The number of rotatable bonds is 2.